The first-order valence-corrected chi connectivity index (χ1v) is 8.18. The molecule has 1 aliphatic heterocycles. The lowest BCUT2D eigenvalue weighted by Crippen LogP contribution is -2.26. The third kappa shape index (κ3) is 3.12. The van der Waals surface area contributed by atoms with Gasteiger partial charge in [-0.2, -0.15) is 5.10 Å². The summed E-state index contributed by atoms with van der Waals surface area (Å²) in [5.74, 6) is -1.49. The average molecular weight is 345 g/mol. The van der Waals surface area contributed by atoms with Gasteiger partial charge in [0.05, 0.1) is 11.2 Å². The van der Waals surface area contributed by atoms with E-state index in [9.17, 15) is 13.6 Å². The maximum atomic E-state index is 13.7. The van der Waals surface area contributed by atoms with Crippen molar-refractivity contribution in [2.24, 2.45) is 0 Å². The molecule has 1 aromatic carbocycles. The van der Waals surface area contributed by atoms with Crippen molar-refractivity contribution in [3.63, 3.8) is 0 Å². The number of H-pyrrole nitrogens is 2. The Morgan fingerprint density at radius 1 is 1.20 bits per heavy atom. The molecule has 8 heteroatoms. The number of hydrogen-bond donors (Lipinski definition) is 4. The number of carbonyl (C=O) groups excluding carboxylic acids is 1. The van der Waals surface area contributed by atoms with Gasteiger partial charge in [0.1, 0.15) is 17.3 Å². The van der Waals surface area contributed by atoms with Gasteiger partial charge in [-0.25, -0.2) is 8.78 Å². The van der Waals surface area contributed by atoms with Gasteiger partial charge < -0.3 is 15.6 Å². The second-order valence-corrected chi connectivity index (χ2v) is 6.20. The largest absolute Gasteiger partial charge is 0.350 e. The van der Waals surface area contributed by atoms with E-state index in [-0.39, 0.29) is 22.6 Å². The molecule has 1 amide bonds. The fourth-order valence-electron chi connectivity index (χ4n) is 3.16. The van der Waals surface area contributed by atoms with E-state index < -0.39 is 17.5 Å². The first kappa shape index (κ1) is 15.8. The lowest BCUT2D eigenvalue weighted by molar-refractivity contribution is 0.102. The van der Waals surface area contributed by atoms with E-state index in [1.165, 1.54) is 6.07 Å². The van der Waals surface area contributed by atoms with Gasteiger partial charge in [0.15, 0.2) is 5.82 Å². The van der Waals surface area contributed by atoms with E-state index >= 15 is 0 Å². The molecule has 0 saturated carbocycles. The van der Waals surface area contributed by atoms with E-state index in [1.54, 1.807) is 6.07 Å². The van der Waals surface area contributed by atoms with Gasteiger partial charge in [-0.3, -0.25) is 9.89 Å². The van der Waals surface area contributed by atoms with Crippen molar-refractivity contribution in [2.75, 3.05) is 11.9 Å². The van der Waals surface area contributed by atoms with Gasteiger partial charge in [-0.1, -0.05) is 6.42 Å². The summed E-state index contributed by atoms with van der Waals surface area (Å²) in [7, 11) is 0. The Hall–Kier alpha value is -2.74. The quantitative estimate of drug-likeness (QED) is 0.588. The first-order chi connectivity index (χ1) is 12.1. The summed E-state index contributed by atoms with van der Waals surface area (Å²) in [6, 6.07) is 5.28. The number of piperidine rings is 1. The predicted molar refractivity (Wildman–Crippen MR) is 89.4 cm³/mol. The number of fused-ring (bicyclic) bond motifs is 1. The summed E-state index contributed by atoms with van der Waals surface area (Å²) in [6.45, 7) is 0.961. The number of anilines is 1. The summed E-state index contributed by atoms with van der Waals surface area (Å²) < 4.78 is 27.0. The molecule has 1 saturated heterocycles. The molecule has 2 aromatic heterocycles. The van der Waals surface area contributed by atoms with E-state index in [2.05, 4.69) is 25.8 Å². The van der Waals surface area contributed by atoms with Crippen LogP contribution >= 0.6 is 0 Å². The Morgan fingerprint density at radius 2 is 2.08 bits per heavy atom. The van der Waals surface area contributed by atoms with Gasteiger partial charge in [0.25, 0.3) is 5.91 Å². The second-order valence-electron chi connectivity index (χ2n) is 6.20. The summed E-state index contributed by atoms with van der Waals surface area (Å²) in [5.41, 5.74) is 1.29. The van der Waals surface area contributed by atoms with Crippen molar-refractivity contribution in [2.45, 2.75) is 25.3 Å². The maximum Gasteiger partial charge on any atom is 0.273 e. The SMILES string of the molecule is O=C(Nc1cc(C2CCCCN2)[nH]n1)c1cc2c(F)cc(F)cc2[nH]1. The number of aromatic amines is 2. The molecule has 0 radical (unpaired) electrons. The minimum Gasteiger partial charge on any atom is -0.350 e. The van der Waals surface area contributed by atoms with Crippen LogP contribution in [0.4, 0.5) is 14.6 Å². The van der Waals surface area contributed by atoms with Crippen molar-refractivity contribution in [1.82, 2.24) is 20.5 Å². The number of nitrogens with zero attached hydrogens (tertiary/aromatic N) is 1. The van der Waals surface area contributed by atoms with Crippen LogP contribution in [-0.2, 0) is 0 Å². The van der Waals surface area contributed by atoms with Gasteiger partial charge in [0, 0.05) is 23.6 Å². The zero-order chi connectivity index (χ0) is 17.4. The van der Waals surface area contributed by atoms with Crippen LogP contribution < -0.4 is 10.6 Å². The molecule has 0 aliphatic carbocycles. The van der Waals surface area contributed by atoms with Crippen LogP contribution in [0.15, 0.2) is 24.3 Å². The third-order valence-corrected chi connectivity index (χ3v) is 4.42. The molecule has 4 rings (SSSR count). The Labute approximate surface area is 142 Å². The third-order valence-electron chi connectivity index (χ3n) is 4.42. The van der Waals surface area contributed by atoms with Crippen LogP contribution in [0, 0.1) is 11.6 Å². The molecule has 25 heavy (non-hydrogen) atoms. The summed E-state index contributed by atoms with van der Waals surface area (Å²) in [5, 5.41) is 13.2. The van der Waals surface area contributed by atoms with Gasteiger partial charge >= 0.3 is 0 Å². The Balaban J connectivity index is 1.52. The summed E-state index contributed by atoms with van der Waals surface area (Å²) in [6.07, 6.45) is 3.32. The highest BCUT2D eigenvalue weighted by molar-refractivity contribution is 6.05. The minimum absolute atomic E-state index is 0.139. The number of amides is 1. The second kappa shape index (κ2) is 6.29. The van der Waals surface area contributed by atoms with Gasteiger partial charge in [-0.05, 0) is 31.5 Å². The molecular formula is C17H17F2N5O. The molecule has 1 aliphatic rings. The van der Waals surface area contributed by atoms with E-state index in [1.807, 2.05) is 0 Å². The van der Waals surface area contributed by atoms with Crippen molar-refractivity contribution >= 4 is 22.6 Å². The fourth-order valence-corrected chi connectivity index (χ4v) is 3.16. The highest BCUT2D eigenvalue weighted by Crippen LogP contribution is 2.24. The smallest absolute Gasteiger partial charge is 0.273 e. The molecule has 6 nitrogen and oxygen atoms in total. The lowest BCUT2D eigenvalue weighted by Gasteiger charge is -2.21. The summed E-state index contributed by atoms with van der Waals surface area (Å²) >= 11 is 0. The first-order valence-electron chi connectivity index (χ1n) is 8.18. The topological polar surface area (TPSA) is 85.6 Å². The average Bonchev–Trinajstić information content (AvgIpc) is 3.22. The van der Waals surface area contributed by atoms with Crippen LogP contribution in [0.1, 0.15) is 41.5 Å². The number of hydrogen-bond acceptors (Lipinski definition) is 3. The number of carbonyl (C=O) groups is 1. The molecule has 3 aromatic rings. The normalized spacial score (nSPS) is 17.8. The van der Waals surface area contributed by atoms with Crippen LogP contribution in [0.2, 0.25) is 0 Å². The van der Waals surface area contributed by atoms with Crippen LogP contribution in [-0.4, -0.2) is 27.6 Å². The maximum absolute atomic E-state index is 13.7. The van der Waals surface area contributed by atoms with Crippen LogP contribution in [0.3, 0.4) is 0 Å². The van der Waals surface area contributed by atoms with Gasteiger partial charge in [0.2, 0.25) is 0 Å². The lowest BCUT2D eigenvalue weighted by atomic mass is 10.0. The van der Waals surface area contributed by atoms with Crippen molar-refractivity contribution < 1.29 is 13.6 Å². The molecule has 3 heterocycles. The molecule has 0 spiro atoms. The van der Waals surface area contributed by atoms with Crippen molar-refractivity contribution in [3.8, 4) is 0 Å². The highest BCUT2D eigenvalue weighted by atomic mass is 19.1. The Morgan fingerprint density at radius 3 is 2.88 bits per heavy atom. The monoisotopic (exact) mass is 345 g/mol. The van der Waals surface area contributed by atoms with Gasteiger partial charge in [-0.15, -0.1) is 0 Å². The van der Waals surface area contributed by atoms with E-state index in [0.717, 1.165) is 43.6 Å². The zero-order valence-electron chi connectivity index (χ0n) is 13.3. The predicted octanol–water partition coefficient (Wildman–Crippen LogP) is 3.24. The summed E-state index contributed by atoms with van der Waals surface area (Å²) in [4.78, 5) is 15.1. The molecule has 130 valence electrons. The molecule has 0 bridgehead atoms. The van der Waals surface area contributed by atoms with Crippen molar-refractivity contribution in [3.05, 3.63) is 47.3 Å². The number of rotatable bonds is 3. The number of aromatic nitrogens is 3. The Bertz CT molecular complexity index is 926. The molecule has 1 atom stereocenters. The molecule has 1 unspecified atom stereocenters. The molecule has 4 N–H and O–H groups in total. The highest BCUT2D eigenvalue weighted by Gasteiger charge is 2.18. The minimum atomic E-state index is -0.712. The van der Waals surface area contributed by atoms with E-state index in [0.29, 0.717) is 5.82 Å². The number of nitrogens with one attached hydrogen (secondary N) is 4. The fraction of sp³-hybridized carbons (Fsp3) is 0.294. The molecule has 1 fully saturated rings. The zero-order valence-corrected chi connectivity index (χ0v) is 13.3. The molecular weight excluding hydrogens is 328 g/mol. The number of halogens is 2. The standard InChI is InChI=1S/C17H17F2N5O/c18-9-5-11(19)10-7-15(21-13(10)6-9)17(25)22-16-8-14(23-24-16)12-3-1-2-4-20-12/h5-8,12,20-21H,1-4H2,(H2,22,23,24,25). The number of benzene rings is 1. The van der Waals surface area contributed by atoms with Crippen LogP contribution in [0.25, 0.3) is 10.9 Å². The van der Waals surface area contributed by atoms with E-state index in [4.69, 9.17) is 0 Å². The Kier molecular flexibility index (Phi) is 3.96. The van der Waals surface area contributed by atoms with Crippen LogP contribution in [0.5, 0.6) is 0 Å². The van der Waals surface area contributed by atoms with Crippen molar-refractivity contribution in [1.29, 1.82) is 0 Å².